The summed E-state index contributed by atoms with van der Waals surface area (Å²) in [6.07, 6.45) is -4.57. The van der Waals surface area contributed by atoms with Gasteiger partial charge in [0.25, 0.3) is 0 Å². The van der Waals surface area contributed by atoms with Crippen molar-refractivity contribution >= 4 is 27.8 Å². The number of benzene rings is 1. The van der Waals surface area contributed by atoms with E-state index in [0.717, 1.165) is 28.0 Å². The average Bonchev–Trinajstić information content (AvgIpc) is 3.06. The highest BCUT2D eigenvalue weighted by Gasteiger charge is 2.33. The minimum atomic E-state index is -4.57. The van der Waals surface area contributed by atoms with Crippen molar-refractivity contribution in [2.24, 2.45) is 0 Å². The van der Waals surface area contributed by atoms with Crippen molar-refractivity contribution < 1.29 is 18.0 Å². The Balaban J connectivity index is 1.70. The van der Waals surface area contributed by atoms with E-state index < -0.39 is 23.9 Å². The number of hydrogen-bond acceptors (Lipinski definition) is 5. The number of nitrogens with one attached hydrogen (secondary N) is 1. The third-order valence-electron chi connectivity index (χ3n) is 4.82. The van der Waals surface area contributed by atoms with Crippen molar-refractivity contribution in [1.82, 2.24) is 30.3 Å². The molecule has 154 valence electrons. The van der Waals surface area contributed by atoms with Crippen LogP contribution in [0.2, 0.25) is 0 Å². The predicted molar refractivity (Wildman–Crippen MR) is 104 cm³/mol. The van der Waals surface area contributed by atoms with Gasteiger partial charge in [0.1, 0.15) is 0 Å². The third-order valence-corrected chi connectivity index (χ3v) is 4.82. The lowest BCUT2D eigenvalue weighted by molar-refractivity contribution is -0.141. The minimum Gasteiger partial charge on any atom is -0.328 e. The lowest BCUT2D eigenvalue weighted by atomic mass is 10.1. The molecule has 3 aromatic heterocycles. The Morgan fingerprint density at radius 1 is 1.07 bits per heavy atom. The van der Waals surface area contributed by atoms with Crippen molar-refractivity contribution in [3.8, 4) is 0 Å². The van der Waals surface area contributed by atoms with Gasteiger partial charge in [0.05, 0.1) is 28.5 Å². The standard InChI is InChI=1S/C20H17F3N6O/c1-10(14-8-9-16(27-26-14)20(21,22)23)25-19(30)29-18-13-6-4-5-7-15(13)24-11(2)17(18)12(3)28-29/h4-10H,1-3H3,(H,25,30)/t10-/m1/s1. The van der Waals surface area contributed by atoms with Crippen LogP contribution in [0.25, 0.3) is 21.8 Å². The van der Waals surface area contributed by atoms with Gasteiger partial charge in [0.2, 0.25) is 0 Å². The summed E-state index contributed by atoms with van der Waals surface area (Å²) < 4.78 is 39.3. The molecular formula is C20H17F3N6O. The van der Waals surface area contributed by atoms with Gasteiger partial charge in [-0.05, 0) is 39.0 Å². The molecule has 1 atom stereocenters. The van der Waals surface area contributed by atoms with Crippen molar-refractivity contribution in [3.63, 3.8) is 0 Å². The van der Waals surface area contributed by atoms with Gasteiger partial charge in [0.15, 0.2) is 5.69 Å². The predicted octanol–water partition coefficient (Wildman–Crippen LogP) is 4.33. The topological polar surface area (TPSA) is 85.6 Å². The molecule has 0 aliphatic heterocycles. The van der Waals surface area contributed by atoms with Gasteiger partial charge < -0.3 is 5.32 Å². The largest absolute Gasteiger partial charge is 0.435 e. The monoisotopic (exact) mass is 414 g/mol. The van der Waals surface area contributed by atoms with E-state index in [1.54, 1.807) is 13.8 Å². The Labute approximate surface area is 168 Å². The minimum absolute atomic E-state index is 0.201. The molecule has 0 bridgehead atoms. The summed E-state index contributed by atoms with van der Waals surface area (Å²) >= 11 is 0. The number of alkyl halides is 3. The Bertz CT molecular complexity index is 1260. The summed E-state index contributed by atoms with van der Waals surface area (Å²) in [5.41, 5.74) is 1.87. The van der Waals surface area contributed by atoms with E-state index in [1.807, 2.05) is 31.2 Å². The number of aromatic nitrogens is 5. The average molecular weight is 414 g/mol. The Hall–Kier alpha value is -3.56. The summed E-state index contributed by atoms with van der Waals surface area (Å²) in [6, 6.07) is 8.24. The molecule has 1 N–H and O–H groups in total. The quantitative estimate of drug-likeness (QED) is 0.528. The fourth-order valence-electron chi connectivity index (χ4n) is 3.41. The highest BCUT2D eigenvalue weighted by Crippen LogP contribution is 2.29. The number of carbonyl (C=O) groups is 1. The molecule has 10 heteroatoms. The van der Waals surface area contributed by atoms with Gasteiger partial charge in [-0.15, -0.1) is 5.10 Å². The van der Waals surface area contributed by atoms with Crippen LogP contribution in [-0.4, -0.2) is 31.0 Å². The van der Waals surface area contributed by atoms with E-state index in [4.69, 9.17) is 0 Å². The summed E-state index contributed by atoms with van der Waals surface area (Å²) in [4.78, 5) is 17.6. The maximum absolute atomic E-state index is 13.0. The molecule has 0 spiro atoms. The van der Waals surface area contributed by atoms with Crippen LogP contribution in [-0.2, 0) is 6.18 Å². The summed E-state index contributed by atoms with van der Waals surface area (Å²) in [5, 5.41) is 15.4. The van der Waals surface area contributed by atoms with Crippen LogP contribution in [0.15, 0.2) is 36.4 Å². The Kier molecular flexibility index (Phi) is 4.64. The number of para-hydroxylation sites is 1. The third kappa shape index (κ3) is 3.34. The van der Waals surface area contributed by atoms with Crippen LogP contribution < -0.4 is 5.32 Å². The first kappa shape index (κ1) is 19.7. The summed E-state index contributed by atoms with van der Waals surface area (Å²) in [6.45, 7) is 5.26. The molecule has 0 radical (unpaired) electrons. The molecule has 0 aliphatic carbocycles. The van der Waals surface area contributed by atoms with Crippen LogP contribution in [0.5, 0.6) is 0 Å². The number of aryl methyl sites for hydroxylation is 2. The van der Waals surface area contributed by atoms with Crippen LogP contribution >= 0.6 is 0 Å². The SMILES string of the molecule is Cc1nc2ccccc2c2c1c(C)nn2C(=O)N[C@H](C)c1ccc(C(F)(F)F)nn1. The molecule has 30 heavy (non-hydrogen) atoms. The molecule has 0 fully saturated rings. The summed E-state index contributed by atoms with van der Waals surface area (Å²) in [7, 11) is 0. The van der Waals surface area contributed by atoms with Crippen LogP contribution in [0, 0.1) is 13.8 Å². The van der Waals surface area contributed by atoms with E-state index in [1.165, 1.54) is 10.7 Å². The number of nitrogens with zero attached hydrogens (tertiary/aromatic N) is 5. The van der Waals surface area contributed by atoms with Crippen molar-refractivity contribution in [2.45, 2.75) is 33.0 Å². The van der Waals surface area contributed by atoms with Crippen molar-refractivity contribution in [2.75, 3.05) is 0 Å². The van der Waals surface area contributed by atoms with Gasteiger partial charge in [-0.3, -0.25) is 4.98 Å². The normalized spacial score (nSPS) is 13.0. The van der Waals surface area contributed by atoms with E-state index in [9.17, 15) is 18.0 Å². The van der Waals surface area contributed by atoms with E-state index in [-0.39, 0.29) is 5.69 Å². The van der Waals surface area contributed by atoms with Crippen LogP contribution in [0.3, 0.4) is 0 Å². The van der Waals surface area contributed by atoms with E-state index in [0.29, 0.717) is 11.2 Å². The highest BCUT2D eigenvalue weighted by atomic mass is 19.4. The van der Waals surface area contributed by atoms with Gasteiger partial charge in [0, 0.05) is 16.5 Å². The van der Waals surface area contributed by atoms with Gasteiger partial charge in [-0.2, -0.15) is 28.1 Å². The Morgan fingerprint density at radius 2 is 1.80 bits per heavy atom. The zero-order valence-corrected chi connectivity index (χ0v) is 16.3. The molecule has 4 rings (SSSR count). The van der Waals surface area contributed by atoms with Crippen LogP contribution in [0.1, 0.15) is 35.7 Å². The number of halogens is 3. The zero-order valence-electron chi connectivity index (χ0n) is 16.3. The van der Waals surface area contributed by atoms with Gasteiger partial charge >= 0.3 is 12.2 Å². The maximum Gasteiger partial charge on any atom is 0.435 e. The molecule has 4 aromatic rings. The molecule has 3 heterocycles. The molecule has 0 unspecified atom stereocenters. The number of carbonyl (C=O) groups excluding carboxylic acids is 1. The molecule has 1 amide bonds. The smallest absolute Gasteiger partial charge is 0.328 e. The van der Waals surface area contributed by atoms with Crippen LogP contribution in [0.4, 0.5) is 18.0 Å². The van der Waals surface area contributed by atoms with E-state index >= 15 is 0 Å². The van der Waals surface area contributed by atoms with Gasteiger partial charge in [-0.1, -0.05) is 18.2 Å². The van der Waals surface area contributed by atoms with E-state index in [2.05, 4.69) is 25.6 Å². The lowest BCUT2D eigenvalue weighted by Gasteiger charge is -2.14. The number of rotatable bonds is 2. The fourth-order valence-corrected chi connectivity index (χ4v) is 3.41. The number of fused-ring (bicyclic) bond motifs is 3. The first-order valence-electron chi connectivity index (χ1n) is 9.13. The number of amides is 1. The molecule has 0 saturated heterocycles. The molecule has 0 aliphatic rings. The second-order valence-electron chi connectivity index (χ2n) is 6.95. The molecule has 0 saturated carbocycles. The highest BCUT2D eigenvalue weighted by molar-refractivity contribution is 6.08. The molecule has 1 aromatic carbocycles. The fraction of sp³-hybridized carbons (Fsp3) is 0.250. The maximum atomic E-state index is 13.0. The first-order valence-corrected chi connectivity index (χ1v) is 9.13. The molecule has 7 nitrogen and oxygen atoms in total. The second kappa shape index (κ2) is 7.05. The second-order valence-corrected chi connectivity index (χ2v) is 6.95. The molecular weight excluding hydrogens is 397 g/mol. The number of hydrogen-bond donors (Lipinski definition) is 1. The van der Waals surface area contributed by atoms with Gasteiger partial charge in [-0.25, -0.2) is 4.79 Å². The first-order chi connectivity index (χ1) is 14.2. The Morgan fingerprint density at radius 3 is 2.47 bits per heavy atom. The van der Waals surface area contributed by atoms with Crippen molar-refractivity contribution in [1.29, 1.82) is 0 Å². The van der Waals surface area contributed by atoms with Crippen molar-refractivity contribution in [3.05, 3.63) is 59.2 Å². The lowest BCUT2D eigenvalue weighted by Crippen LogP contribution is -2.32. The summed E-state index contributed by atoms with van der Waals surface area (Å²) in [5.74, 6) is 0. The number of pyridine rings is 1. The zero-order chi connectivity index (χ0) is 21.6.